The molecule has 23 heavy (non-hydrogen) atoms. The van der Waals surface area contributed by atoms with E-state index in [4.69, 9.17) is 0 Å². The molecule has 0 spiro atoms. The molecule has 124 valence electrons. The Morgan fingerprint density at radius 3 is 2.48 bits per heavy atom. The number of alkyl halides is 1. The van der Waals surface area contributed by atoms with Crippen molar-refractivity contribution in [2.24, 2.45) is 16.2 Å². The van der Waals surface area contributed by atoms with E-state index >= 15 is 0 Å². The summed E-state index contributed by atoms with van der Waals surface area (Å²) in [5.74, 6) is -1.77. The molecular formula is C17H18BrF2NO2. The zero-order valence-corrected chi connectivity index (χ0v) is 14.8. The lowest BCUT2D eigenvalue weighted by molar-refractivity contribution is -0.130. The number of rotatable bonds is 2. The summed E-state index contributed by atoms with van der Waals surface area (Å²) < 4.78 is 27.2. The summed E-state index contributed by atoms with van der Waals surface area (Å²) in [6, 6.07) is 2.91. The number of benzene rings is 1. The van der Waals surface area contributed by atoms with Crippen molar-refractivity contribution < 1.29 is 18.4 Å². The second-order valence-electron chi connectivity index (χ2n) is 7.23. The van der Waals surface area contributed by atoms with E-state index < -0.39 is 38.6 Å². The Hall–Kier alpha value is -1.30. The largest absolute Gasteiger partial charge is 0.323 e. The number of fused-ring (bicyclic) bond motifs is 2. The minimum Gasteiger partial charge on any atom is -0.323 e. The molecule has 0 heterocycles. The van der Waals surface area contributed by atoms with Crippen molar-refractivity contribution in [3.8, 4) is 0 Å². The van der Waals surface area contributed by atoms with Gasteiger partial charge in [0.05, 0.1) is 15.9 Å². The van der Waals surface area contributed by atoms with Crippen LogP contribution >= 0.6 is 15.9 Å². The van der Waals surface area contributed by atoms with E-state index in [1.54, 1.807) is 0 Å². The molecular weight excluding hydrogens is 368 g/mol. The molecule has 1 amide bonds. The fourth-order valence-corrected chi connectivity index (χ4v) is 5.80. The Balaban J connectivity index is 2.02. The highest BCUT2D eigenvalue weighted by molar-refractivity contribution is 9.10. The third kappa shape index (κ3) is 1.84. The van der Waals surface area contributed by atoms with Gasteiger partial charge in [-0.1, -0.05) is 36.7 Å². The highest BCUT2D eigenvalue weighted by atomic mass is 79.9. The molecule has 2 bridgehead atoms. The Kier molecular flexibility index (Phi) is 3.49. The van der Waals surface area contributed by atoms with Gasteiger partial charge in [0.25, 0.3) is 0 Å². The molecule has 2 aliphatic carbocycles. The maximum Gasteiger partial charge on any atom is 0.232 e. The van der Waals surface area contributed by atoms with Crippen molar-refractivity contribution in [1.82, 2.24) is 0 Å². The number of carbonyl (C=O) groups excluding carboxylic acids is 2. The van der Waals surface area contributed by atoms with Gasteiger partial charge in [-0.2, -0.15) is 0 Å². The number of halogens is 3. The van der Waals surface area contributed by atoms with Crippen LogP contribution in [0.3, 0.4) is 0 Å². The predicted octanol–water partition coefficient (Wildman–Crippen LogP) is 4.06. The van der Waals surface area contributed by atoms with Crippen LogP contribution < -0.4 is 5.32 Å². The fraction of sp³-hybridized carbons (Fsp3) is 0.529. The Labute approximate surface area is 142 Å². The van der Waals surface area contributed by atoms with Crippen LogP contribution in [0.2, 0.25) is 0 Å². The molecule has 0 aliphatic heterocycles. The van der Waals surface area contributed by atoms with E-state index in [2.05, 4.69) is 21.2 Å². The van der Waals surface area contributed by atoms with E-state index in [1.165, 1.54) is 0 Å². The van der Waals surface area contributed by atoms with Crippen LogP contribution in [0.25, 0.3) is 0 Å². The highest BCUT2D eigenvalue weighted by Crippen LogP contribution is 2.72. The van der Waals surface area contributed by atoms with Gasteiger partial charge in [0.15, 0.2) is 5.78 Å². The summed E-state index contributed by atoms with van der Waals surface area (Å²) in [7, 11) is 0. The molecule has 2 saturated carbocycles. The summed E-state index contributed by atoms with van der Waals surface area (Å²) in [5.41, 5.74) is -2.36. The molecule has 1 aromatic carbocycles. The molecule has 3 unspecified atom stereocenters. The Bertz CT molecular complexity index is 721. The predicted molar refractivity (Wildman–Crippen MR) is 86.3 cm³/mol. The lowest BCUT2D eigenvalue weighted by Gasteiger charge is -2.39. The normalized spacial score (nSPS) is 34.7. The minimum absolute atomic E-state index is 0.00335. The van der Waals surface area contributed by atoms with Crippen LogP contribution in [-0.2, 0) is 9.59 Å². The van der Waals surface area contributed by atoms with Gasteiger partial charge in [-0.05, 0) is 30.4 Å². The molecule has 3 nitrogen and oxygen atoms in total. The summed E-state index contributed by atoms with van der Waals surface area (Å²) in [6.07, 6.45) is 1.14. The van der Waals surface area contributed by atoms with Crippen molar-refractivity contribution in [1.29, 1.82) is 0 Å². The lowest BCUT2D eigenvalue weighted by Crippen LogP contribution is -2.48. The number of nitrogens with one attached hydrogen (secondary N) is 1. The van der Waals surface area contributed by atoms with Crippen LogP contribution in [0.1, 0.15) is 33.6 Å². The molecule has 0 saturated heterocycles. The Morgan fingerprint density at radius 2 is 1.91 bits per heavy atom. The molecule has 6 heteroatoms. The molecule has 0 aromatic heterocycles. The van der Waals surface area contributed by atoms with Gasteiger partial charge >= 0.3 is 0 Å². The quantitative estimate of drug-likeness (QED) is 0.780. The summed E-state index contributed by atoms with van der Waals surface area (Å²) in [4.78, 5) is 25.0. The highest BCUT2D eigenvalue weighted by Gasteiger charge is 2.76. The first-order valence-corrected chi connectivity index (χ1v) is 8.44. The summed E-state index contributed by atoms with van der Waals surface area (Å²) in [5, 5.41) is 2.50. The molecule has 0 radical (unpaired) electrons. The third-order valence-electron chi connectivity index (χ3n) is 6.30. The summed E-state index contributed by atoms with van der Waals surface area (Å²) in [6.45, 7) is 5.69. The van der Waals surface area contributed by atoms with Crippen LogP contribution in [-0.4, -0.2) is 16.5 Å². The second-order valence-corrected chi connectivity index (χ2v) is 8.15. The molecule has 2 aliphatic rings. The molecule has 3 rings (SSSR count). The van der Waals surface area contributed by atoms with Crippen molar-refractivity contribution in [3.63, 3.8) is 0 Å². The van der Waals surface area contributed by atoms with Crippen LogP contribution in [0.5, 0.6) is 0 Å². The Morgan fingerprint density at radius 1 is 1.26 bits per heavy atom. The van der Waals surface area contributed by atoms with E-state index in [1.807, 2.05) is 20.8 Å². The van der Waals surface area contributed by atoms with Gasteiger partial charge < -0.3 is 5.32 Å². The number of amides is 1. The number of hydrogen-bond acceptors (Lipinski definition) is 2. The van der Waals surface area contributed by atoms with Crippen molar-refractivity contribution in [2.75, 3.05) is 5.32 Å². The SMILES string of the molecule is CC12CCC(C(=O)Nc3cc(F)ccc3F)(C(Br)C1=O)C2(C)C. The number of ketones is 1. The third-order valence-corrected chi connectivity index (χ3v) is 7.50. The standard InChI is InChI=1S/C17H18BrF2NO2/c1-15(2)16(3)6-7-17(15,12(18)13(16)22)14(23)21-11-8-9(19)4-5-10(11)20/h4-5,8,12H,6-7H2,1-3H3,(H,21,23). The van der Waals surface area contributed by atoms with Gasteiger partial charge in [0.1, 0.15) is 11.6 Å². The van der Waals surface area contributed by atoms with Crippen molar-refractivity contribution in [2.45, 2.75) is 38.4 Å². The van der Waals surface area contributed by atoms with Gasteiger partial charge in [0.2, 0.25) is 5.91 Å². The number of carbonyl (C=O) groups is 2. The zero-order chi connectivity index (χ0) is 17.2. The van der Waals surface area contributed by atoms with Crippen LogP contribution in [0.15, 0.2) is 18.2 Å². The van der Waals surface area contributed by atoms with E-state index in [0.29, 0.717) is 12.8 Å². The van der Waals surface area contributed by atoms with E-state index in [0.717, 1.165) is 18.2 Å². The fourth-order valence-electron chi connectivity index (χ4n) is 4.28. The monoisotopic (exact) mass is 385 g/mol. The van der Waals surface area contributed by atoms with Gasteiger partial charge in [-0.15, -0.1) is 0 Å². The molecule has 2 fully saturated rings. The van der Waals surface area contributed by atoms with Crippen molar-refractivity contribution >= 4 is 33.3 Å². The first-order valence-electron chi connectivity index (χ1n) is 7.53. The zero-order valence-electron chi connectivity index (χ0n) is 13.2. The van der Waals surface area contributed by atoms with Gasteiger partial charge in [-0.25, -0.2) is 8.78 Å². The first kappa shape index (κ1) is 16.6. The van der Waals surface area contributed by atoms with Crippen LogP contribution in [0, 0.1) is 27.9 Å². The van der Waals surface area contributed by atoms with Crippen molar-refractivity contribution in [3.05, 3.63) is 29.8 Å². The van der Waals surface area contributed by atoms with Gasteiger partial charge in [0, 0.05) is 11.5 Å². The van der Waals surface area contributed by atoms with E-state index in [9.17, 15) is 18.4 Å². The topological polar surface area (TPSA) is 46.2 Å². The number of anilines is 1. The average molecular weight is 386 g/mol. The number of hydrogen-bond donors (Lipinski definition) is 1. The summed E-state index contributed by atoms with van der Waals surface area (Å²) >= 11 is 3.40. The van der Waals surface area contributed by atoms with Gasteiger partial charge in [-0.3, -0.25) is 9.59 Å². The second kappa shape index (κ2) is 4.85. The smallest absolute Gasteiger partial charge is 0.232 e. The maximum atomic E-state index is 13.8. The molecule has 3 atom stereocenters. The lowest BCUT2D eigenvalue weighted by atomic mass is 9.64. The number of Topliss-reactive ketones (excluding diaryl/α,β-unsaturated/α-hetero) is 1. The van der Waals surface area contributed by atoms with Crippen LogP contribution in [0.4, 0.5) is 14.5 Å². The minimum atomic E-state index is -0.975. The maximum absolute atomic E-state index is 13.8. The van der Waals surface area contributed by atoms with E-state index in [-0.39, 0.29) is 11.5 Å². The molecule has 1 aromatic rings. The molecule has 1 N–H and O–H groups in total. The average Bonchev–Trinajstić information content (AvgIpc) is 2.75. The first-order chi connectivity index (χ1) is 10.6.